The molecule has 8 nitrogen and oxygen atoms in total. The third-order valence-corrected chi connectivity index (χ3v) is 6.89. The summed E-state index contributed by atoms with van der Waals surface area (Å²) in [5.41, 5.74) is 1.84. The van der Waals surface area contributed by atoms with Crippen LogP contribution in [0.25, 0.3) is 5.76 Å². The number of hydrogen-bond donors (Lipinski definition) is 1. The number of carbonyl (C=O) groups is 2. The van der Waals surface area contributed by atoms with Gasteiger partial charge in [0.2, 0.25) is 0 Å². The van der Waals surface area contributed by atoms with Gasteiger partial charge in [0.1, 0.15) is 19.0 Å². The first-order chi connectivity index (χ1) is 19.5. The number of ketones is 1. The topological polar surface area (TPSA) is 94.5 Å². The molecule has 40 heavy (non-hydrogen) atoms. The molecule has 208 valence electrons. The van der Waals surface area contributed by atoms with Gasteiger partial charge in [0.05, 0.1) is 24.8 Å². The molecular formula is C32H33NO7. The van der Waals surface area contributed by atoms with Crippen molar-refractivity contribution in [1.82, 2.24) is 4.90 Å². The highest BCUT2D eigenvalue weighted by Crippen LogP contribution is 2.43. The fraction of sp³-hybridized carbons (Fsp3) is 0.312. The molecule has 0 aliphatic carbocycles. The second-order valence-electron chi connectivity index (χ2n) is 9.61. The average molecular weight is 544 g/mol. The van der Waals surface area contributed by atoms with Gasteiger partial charge in [-0.05, 0) is 54.8 Å². The van der Waals surface area contributed by atoms with E-state index in [2.05, 4.69) is 6.92 Å². The SMILES string of the molecule is CCCCOc1ccc(C2C(=C(O)c3ccc4c(c3)OCCO4)C(=O)C(=O)N2Cc2ccccc2)cc1OCC. The van der Waals surface area contributed by atoms with Crippen molar-refractivity contribution in [2.45, 2.75) is 39.3 Å². The lowest BCUT2D eigenvalue weighted by Gasteiger charge is -2.26. The average Bonchev–Trinajstić information content (AvgIpc) is 3.23. The van der Waals surface area contributed by atoms with Crippen LogP contribution in [0.2, 0.25) is 0 Å². The van der Waals surface area contributed by atoms with Gasteiger partial charge in [-0.1, -0.05) is 49.7 Å². The molecule has 2 heterocycles. The number of Topliss-reactive ketones (excluding diaryl/α,β-unsaturated/α-hetero) is 1. The predicted molar refractivity (Wildman–Crippen MR) is 150 cm³/mol. The van der Waals surface area contributed by atoms with Crippen molar-refractivity contribution >= 4 is 17.4 Å². The number of carbonyl (C=O) groups excluding carboxylic acids is 2. The molecule has 3 aromatic rings. The molecule has 2 aliphatic rings. The third-order valence-electron chi connectivity index (χ3n) is 6.89. The minimum Gasteiger partial charge on any atom is -0.507 e. The van der Waals surface area contributed by atoms with E-state index in [0.29, 0.717) is 60.6 Å². The van der Waals surface area contributed by atoms with E-state index in [4.69, 9.17) is 18.9 Å². The van der Waals surface area contributed by atoms with Crippen molar-refractivity contribution in [2.75, 3.05) is 26.4 Å². The van der Waals surface area contributed by atoms with Crippen LogP contribution in [0.1, 0.15) is 49.4 Å². The maximum absolute atomic E-state index is 13.5. The Balaban J connectivity index is 1.61. The minimum absolute atomic E-state index is 0.000270. The summed E-state index contributed by atoms with van der Waals surface area (Å²) in [7, 11) is 0. The Morgan fingerprint density at radius 1 is 0.925 bits per heavy atom. The Labute approximate surface area is 233 Å². The molecule has 1 saturated heterocycles. The van der Waals surface area contributed by atoms with Gasteiger partial charge in [0, 0.05) is 12.1 Å². The quantitative estimate of drug-likeness (QED) is 0.153. The first-order valence-corrected chi connectivity index (χ1v) is 13.6. The number of ether oxygens (including phenoxy) is 4. The van der Waals surface area contributed by atoms with E-state index in [1.54, 1.807) is 30.3 Å². The van der Waals surface area contributed by atoms with Crippen molar-refractivity contribution in [3.8, 4) is 23.0 Å². The number of nitrogens with zero attached hydrogens (tertiary/aromatic N) is 1. The fourth-order valence-electron chi connectivity index (χ4n) is 4.92. The minimum atomic E-state index is -0.850. The molecule has 2 aliphatic heterocycles. The number of unbranched alkanes of at least 4 members (excludes halogenated alkanes) is 1. The largest absolute Gasteiger partial charge is 0.507 e. The smallest absolute Gasteiger partial charge is 0.295 e. The Morgan fingerprint density at radius 2 is 1.70 bits per heavy atom. The third kappa shape index (κ3) is 5.47. The van der Waals surface area contributed by atoms with Crippen molar-refractivity contribution in [3.05, 3.63) is 89.0 Å². The van der Waals surface area contributed by atoms with Gasteiger partial charge in [0.25, 0.3) is 11.7 Å². The highest BCUT2D eigenvalue weighted by atomic mass is 16.6. The number of amides is 1. The Kier molecular flexibility index (Phi) is 8.24. The maximum atomic E-state index is 13.5. The van der Waals surface area contributed by atoms with Gasteiger partial charge in [-0.3, -0.25) is 9.59 Å². The summed E-state index contributed by atoms with van der Waals surface area (Å²) in [5, 5.41) is 11.5. The summed E-state index contributed by atoms with van der Waals surface area (Å²) in [4.78, 5) is 28.5. The van der Waals surface area contributed by atoms with E-state index in [1.165, 1.54) is 4.90 Å². The molecule has 1 atom stereocenters. The lowest BCUT2D eigenvalue weighted by atomic mass is 9.94. The van der Waals surface area contributed by atoms with Gasteiger partial charge < -0.3 is 29.0 Å². The Hall–Kier alpha value is -4.46. The number of aliphatic hydroxyl groups is 1. The first-order valence-electron chi connectivity index (χ1n) is 13.6. The molecular weight excluding hydrogens is 510 g/mol. The van der Waals surface area contributed by atoms with Crippen molar-refractivity contribution in [1.29, 1.82) is 0 Å². The van der Waals surface area contributed by atoms with E-state index < -0.39 is 17.7 Å². The molecule has 5 rings (SSSR count). The van der Waals surface area contributed by atoms with Crippen LogP contribution in [0.3, 0.4) is 0 Å². The number of benzene rings is 3. The van der Waals surface area contributed by atoms with Crippen molar-refractivity contribution in [3.63, 3.8) is 0 Å². The van der Waals surface area contributed by atoms with Gasteiger partial charge in [-0.2, -0.15) is 0 Å². The molecule has 0 radical (unpaired) electrons. The number of likely N-dealkylation sites (tertiary alicyclic amines) is 1. The highest BCUT2D eigenvalue weighted by Gasteiger charge is 2.46. The predicted octanol–water partition coefficient (Wildman–Crippen LogP) is 5.66. The second kappa shape index (κ2) is 12.2. The summed E-state index contributed by atoms with van der Waals surface area (Å²) in [5.74, 6) is 0.411. The lowest BCUT2D eigenvalue weighted by Crippen LogP contribution is -2.29. The van der Waals surface area contributed by atoms with Gasteiger partial charge in [-0.15, -0.1) is 0 Å². The van der Waals surface area contributed by atoms with Crippen LogP contribution in [-0.2, 0) is 16.1 Å². The van der Waals surface area contributed by atoms with E-state index >= 15 is 0 Å². The van der Waals surface area contributed by atoms with E-state index in [-0.39, 0.29) is 17.9 Å². The molecule has 0 spiro atoms. The number of hydrogen-bond acceptors (Lipinski definition) is 7. The number of aliphatic hydroxyl groups excluding tert-OH is 1. The van der Waals surface area contributed by atoms with Gasteiger partial charge in [0.15, 0.2) is 23.0 Å². The Morgan fingerprint density at radius 3 is 2.45 bits per heavy atom. The van der Waals surface area contributed by atoms with Crippen LogP contribution in [0, 0.1) is 0 Å². The van der Waals surface area contributed by atoms with Crippen LogP contribution >= 0.6 is 0 Å². The molecule has 1 unspecified atom stereocenters. The maximum Gasteiger partial charge on any atom is 0.295 e. The van der Waals surface area contributed by atoms with Crippen LogP contribution < -0.4 is 18.9 Å². The Bertz CT molecular complexity index is 1420. The summed E-state index contributed by atoms with van der Waals surface area (Å²) in [6.45, 7) is 5.93. The number of fused-ring (bicyclic) bond motifs is 1. The van der Waals surface area contributed by atoms with E-state index in [0.717, 1.165) is 18.4 Å². The molecule has 0 bridgehead atoms. The molecule has 0 saturated carbocycles. The fourth-order valence-corrected chi connectivity index (χ4v) is 4.92. The summed E-state index contributed by atoms with van der Waals surface area (Å²) in [6, 6.07) is 19.0. The van der Waals surface area contributed by atoms with Gasteiger partial charge >= 0.3 is 0 Å². The normalized spacial score (nSPS) is 17.6. The van der Waals surface area contributed by atoms with Crippen LogP contribution in [0.4, 0.5) is 0 Å². The molecule has 3 aromatic carbocycles. The van der Waals surface area contributed by atoms with Gasteiger partial charge in [-0.25, -0.2) is 0 Å². The first kappa shape index (κ1) is 27.1. The van der Waals surface area contributed by atoms with Crippen molar-refractivity contribution < 1.29 is 33.6 Å². The van der Waals surface area contributed by atoms with Crippen LogP contribution in [0.15, 0.2) is 72.3 Å². The van der Waals surface area contributed by atoms with E-state index in [9.17, 15) is 14.7 Å². The van der Waals surface area contributed by atoms with Crippen LogP contribution in [0.5, 0.6) is 23.0 Å². The summed E-state index contributed by atoms with van der Waals surface area (Å²) in [6.07, 6.45) is 1.90. The van der Waals surface area contributed by atoms with Crippen LogP contribution in [-0.4, -0.2) is 48.1 Å². The van der Waals surface area contributed by atoms with Crippen molar-refractivity contribution in [2.24, 2.45) is 0 Å². The number of rotatable bonds is 10. The lowest BCUT2D eigenvalue weighted by molar-refractivity contribution is -0.140. The molecule has 1 N–H and O–H groups in total. The second-order valence-corrected chi connectivity index (χ2v) is 9.61. The standard InChI is InChI=1S/C32H33NO7/c1-3-5-15-38-24-13-11-22(18-26(24)37-4-2)29-28(30(34)23-12-14-25-27(19-23)40-17-16-39-25)31(35)32(36)33(29)20-21-9-7-6-8-10-21/h6-14,18-19,29,34H,3-5,15-17,20H2,1-2H3. The molecule has 1 amide bonds. The zero-order valence-electron chi connectivity index (χ0n) is 22.7. The zero-order chi connectivity index (χ0) is 28.1. The van der Waals surface area contributed by atoms with E-state index in [1.807, 2.05) is 43.3 Å². The molecule has 0 aromatic heterocycles. The monoisotopic (exact) mass is 543 g/mol. The molecule has 8 heteroatoms. The zero-order valence-corrected chi connectivity index (χ0v) is 22.7. The molecule has 1 fully saturated rings. The summed E-state index contributed by atoms with van der Waals surface area (Å²) < 4.78 is 23.1. The highest BCUT2D eigenvalue weighted by molar-refractivity contribution is 6.46. The summed E-state index contributed by atoms with van der Waals surface area (Å²) >= 11 is 0.